The van der Waals surface area contributed by atoms with Gasteiger partial charge in [0.25, 0.3) is 0 Å². The topological polar surface area (TPSA) is 17.1 Å². The second-order valence-corrected chi connectivity index (χ2v) is 7.03. The van der Waals surface area contributed by atoms with E-state index >= 15 is 0 Å². The summed E-state index contributed by atoms with van der Waals surface area (Å²) in [4.78, 5) is 12.5. The lowest BCUT2D eigenvalue weighted by Crippen LogP contribution is -2.30. The number of halogens is 2. The second kappa shape index (κ2) is 5.70. The van der Waals surface area contributed by atoms with Crippen LogP contribution in [0.25, 0.3) is 0 Å². The molecule has 0 bridgehead atoms. The van der Waals surface area contributed by atoms with Crippen LogP contribution in [-0.2, 0) is 6.42 Å². The van der Waals surface area contributed by atoms with Crippen LogP contribution in [0.1, 0.15) is 29.3 Å². The SMILES string of the molecule is CCc1ccc(C(=O)C2(Br)C=CC(I)=CC2)cc1. The highest BCUT2D eigenvalue weighted by Gasteiger charge is 2.33. The van der Waals surface area contributed by atoms with Gasteiger partial charge in [-0.25, -0.2) is 0 Å². The number of carbonyl (C=O) groups excluding carboxylic acids is 1. The van der Waals surface area contributed by atoms with Gasteiger partial charge in [0.15, 0.2) is 5.78 Å². The van der Waals surface area contributed by atoms with Gasteiger partial charge in [-0.2, -0.15) is 0 Å². The fourth-order valence-electron chi connectivity index (χ4n) is 1.89. The number of aryl methyl sites for hydroxylation is 1. The summed E-state index contributed by atoms with van der Waals surface area (Å²) in [5, 5.41) is 0. The van der Waals surface area contributed by atoms with Gasteiger partial charge in [-0.15, -0.1) is 0 Å². The minimum atomic E-state index is -0.574. The van der Waals surface area contributed by atoms with E-state index in [1.807, 2.05) is 36.4 Å². The molecule has 0 aromatic heterocycles. The maximum atomic E-state index is 12.5. The summed E-state index contributed by atoms with van der Waals surface area (Å²) in [6.07, 6.45) is 7.71. The molecule has 18 heavy (non-hydrogen) atoms. The van der Waals surface area contributed by atoms with Crippen LogP contribution < -0.4 is 0 Å². The molecule has 0 radical (unpaired) electrons. The molecule has 0 spiro atoms. The maximum absolute atomic E-state index is 12.5. The number of carbonyl (C=O) groups is 1. The molecular weight excluding hydrogens is 403 g/mol. The molecule has 1 nitrogen and oxygen atoms in total. The zero-order valence-corrected chi connectivity index (χ0v) is 13.9. The predicted molar refractivity (Wildman–Crippen MR) is 87.7 cm³/mol. The Morgan fingerprint density at radius 1 is 1.39 bits per heavy atom. The highest BCUT2D eigenvalue weighted by atomic mass is 127. The molecule has 94 valence electrons. The Bertz CT molecular complexity index is 516. The van der Waals surface area contributed by atoms with E-state index < -0.39 is 4.32 Å². The third kappa shape index (κ3) is 2.94. The molecular formula is C15H14BrIO. The van der Waals surface area contributed by atoms with E-state index in [0.717, 1.165) is 12.0 Å². The van der Waals surface area contributed by atoms with Crippen molar-refractivity contribution in [1.82, 2.24) is 0 Å². The maximum Gasteiger partial charge on any atom is 0.183 e. The number of hydrogen-bond donors (Lipinski definition) is 0. The molecule has 0 amide bonds. The Labute approximate surface area is 130 Å². The van der Waals surface area contributed by atoms with Gasteiger partial charge in [0.1, 0.15) is 4.32 Å². The molecule has 0 heterocycles. The van der Waals surface area contributed by atoms with E-state index in [1.54, 1.807) is 0 Å². The van der Waals surface area contributed by atoms with Crippen LogP contribution >= 0.6 is 38.5 Å². The van der Waals surface area contributed by atoms with Crippen LogP contribution in [0.5, 0.6) is 0 Å². The Kier molecular flexibility index (Phi) is 4.43. The molecule has 0 N–H and O–H groups in total. The van der Waals surface area contributed by atoms with Gasteiger partial charge in [-0.1, -0.05) is 65.3 Å². The van der Waals surface area contributed by atoms with Crippen molar-refractivity contribution >= 4 is 44.3 Å². The lowest BCUT2D eigenvalue weighted by molar-refractivity contribution is 0.0966. The Hall–Kier alpha value is -0.420. The highest BCUT2D eigenvalue weighted by molar-refractivity contribution is 14.1. The van der Waals surface area contributed by atoms with Crippen molar-refractivity contribution in [3.05, 3.63) is 57.2 Å². The third-order valence-electron chi connectivity index (χ3n) is 3.10. The van der Waals surface area contributed by atoms with Gasteiger partial charge in [0.2, 0.25) is 0 Å². The van der Waals surface area contributed by atoms with E-state index in [-0.39, 0.29) is 5.78 Å². The van der Waals surface area contributed by atoms with Crippen LogP contribution in [0.4, 0.5) is 0 Å². The molecule has 0 fully saturated rings. The summed E-state index contributed by atoms with van der Waals surface area (Å²) in [5.74, 6) is 0.126. The van der Waals surface area contributed by atoms with Crippen molar-refractivity contribution in [2.24, 2.45) is 0 Å². The molecule has 0 saturated carbocycles. The first-order chi connectivity index (χ1) is 8.55. The van der Waals surface area contributed by atoms with E-state index in [1.165, 1.54) is 9.14 Å². The molecule has 1 aliphatic carbocycles. The number of benzene rings is 1. The first-order valence-electron chi connectivity index (χ1n) is 5.93. The Morgan fingerprint density at radius 3 is 2.56 bits per heavy atom. The van der Waals surface area contributed by atoms with E-state index in [0.29, 0.717) is 6.42 Å². The minimum absolute atomic E-state index is 0.126. The molecule has 3 heteroatoms. The monoisotopic (exact) mass is 416 g/mol. The summed E-state index contributed by atoms with van der Waals surface area (Å²) in [6, 6.07) is 7.88. The third-order valence-corrected chi connectivity index (χ3v) is 4.85. The summed E-state index contributed by atoms with van der Waals surface area (Å²) in [5.41, 5.74) is 2.02. The van der Waals surface area contributed by atoms with Crippen LogP contribution in [0, 0.1) is 0 Å². The number of allylic oxidation sites excluding steroid dienone is 4. The van der Waals surface area contributed by atoms with Crippen molar-refractivity contribution in [3.8, 4) is 0 Å². The quantitative estimate of drug-likeness (QED) is 0.391. The van der Waals surface area contributed by atoms with Crippen molar-refractivity contribution in [2.75, 3.05) is 0 Å². The number of ketones is 1. The largest absolute Gasteiger partial charge is 0.292 e. The molecule has 1 unspecified atom stereocenters. The van der Waals surface area contributed by atoms with E-state index in [9.17, 15) is 4.79 Å². The first kappa shape index (κ1) is 14.0. The van der Waals surface area contributed by atoms with Gasteiger partial charge >= 0.3 is 0 Å². The van der Waals surface area contributed by atoms with Crippen molar-refractivity contribution < 1.29 is 4.79 Å². The fraction of sp³-hybridized carbons (Fsp3) is 0.267. The molecule has 1 aromatic carbocycles. The van der Waals surface area contributed by atoms with Gasteiger partial charge < -0.3 is 0 Å². The van der Waals surface area contributed by atoms with Crippen molar-refractivity contribution in [1.29, 1.82) is 0 Å². The Morgan fingerprint density at radius 2 is 2.06 bits per heavy atom. The van der Waals surface area contributed by atoms with Crippen LogP contribution in [0.15, 0.2) is 46.1 Å². The standard InChI is InChI=1S/C15H14BrIO/c1-2-11-3-5-12(6-4-11)14(18)15(16)9-7-13(17)8-10-15/h3-9H,2,10H2,1H3. The van der Waals surface area contributed by atoms with Gasteiger partial charge in [0, 0.05) is 9.14 Å². The normalized spacial score (nSPS) is 22.7. The predicted octanol–water partition coefficient (Wildman–Crippen LogP) is 4.84. The molecule has 0 aliphatic heterocycles. The molecule has 2 rings (SSSR count). The Balaban J connectivity index is 2.23. The van der Waals surface area contributed by atoms with Crippen LogP contribution in [0.3, 0.4) is 0 Å². The molecule has 1 aliphatic rings. The molecule has 1 aromatic rings. The van der Waals surface area contributed by atoms with Gasteiger partial charge in [0.05, 0.1) is 0 Å². The number of rotatable bonds is 3. The summed E-state index contributed by atoms with van der Waals surface area (Å²) < 4.78 is 0.604. The second-order valence-electron chi connectivity index (χ2n) is 4.37. The van der Waals surface area contributed by atoms with Crippen molar-refractivity contribution in [3.63, 3.8) is 0 Å². The van der Waals surface area contributed by atoms with Crippen molar-refractivity contribution in [2.45, 2.75) is 24.1 Å². The van der Waals surface area contributed by atoms with Crippen LogP contribution in [0.2, 0.25) is 0 Å². The number of alkyl halides is 1. The summed E-state index contributed by atoms with van der Waals surface area (Å²) in [7, 11) is 0. The zero-order valence-electron chi connectivity index (χ0n) is 10.1. The molecule has 1 atom stereocenters. The van der Waals surface area contributed by atoms with Gasteiger partial charge in [-0.05, 0) is 41.0 Å². The number of hydrogen-bond acceptors (Lipinski definition) is 1. The summed E-state index contributed by atoms with van der Waals surface area (Å²) in [6.45, 7) is 2.11. The lowest BCUT2D eigenvalue weighted by Gasteiger charge is -2.23. The lowest BCUT2D eigenvalue weighted by atomic mass is 9.91. The first-order valence-corrected chi connectivity index (χ1v) is 7.80. The zero-order chi connectivity index (χ0) is 13.2. The van der Waals surface area contributed by atoms with E-state index in [2.05, 4.69) is 51.5 Å². The summed E-state index contributed by atoms with van der Waals surface area (Å²) >= 11 is 5.84. The average Bonchev–Trinajstić information content (AvgIpc) is 2.41. The molecule has 0 saturated heterocycles. The van der Waals surface area contributed by atoms with E-state index in [4.69, 9.17) is 0 Å². The number of Topliss-reactive ketones (excluding diaryl/α,β-unsaturated/α-hetero) is 1. The highest BCUT2D eigenvalue weighted by Crippen LogP contribution is 2.34. The average molecular weight is 417 g/mol. The van der Waals surface area contributed by atoms with Crippen LogP contribution in [-0.4, -0.2) is 10.1 Å². The minimum Gasteiger partial charge on any atom is -0.292 e. The fourth-order valence-corrected chi connectivity index (χ4v) is 2.82. The van der Waals surface area contributed by atoms with Gasteiger partial charge in [-0.3, -0.25) is 4.79 Å². The smallest absolute Gasteiger partial charge is 0.183 e.